The molecule has 1 aliphatic heterocycles. The molecular weight excluding hydrogens is 478 g/mol. The minimum atomic E-state index is -0.231. The van der Waals surface area contributed by atoms with E-state index in [-0.39, 0.29) is 16.6 Å². The van der Waals surface area contributed by atoms with E-state index < -0.39 is 0 Å². The van der Waals surface area contributed by atoms with Crippen LogP contribution >= 0.6 is 23.4 Å². The molecule has 1 saturated carbocycles. The van der Waals surface area contributed by atoms with Gasteiger partial charge in [0.2, 0.25) is 5.95 Å². The van der Waals surface area contributed by atoms with E-state index in [9.17, 15) is 4.79 Å². The summed E-state index contributed by atoms with van der Waals surface area (Å²) in [4.78, 5) is 25.6. The van der Waals surface area contributed by atoms with Crippen molar-refractivity contribution in [2.75, 3.05) is 25.0 Å². The molecule has 1 spiro atoms. The highest BCUT2D eigenvalue weighted by atomic mass is 35.5. The maximum Gasteiger partial charge on any atom is 0.271 e. The highest BCUT2D eigenvalue weighted by Crippen LogP contribution is 2.54. The quantitative estimate of drug-likeness (QED) is 0.411. The Bertz CT molecular complexity index is 1290. The number of aromatic nitrogens is 3. The highest BCUT2D eigenvalue weighted by Gasteiger charge is 2.45. The summed E-state index contributed by atoms with van der Waals surface area (Å²) in [6, 6.07) is 8.13. The number of thioether (sulfide) groups is 1. The summed E-state index contributed by atoms with van der Waals surface area (Å²) in [7, 11) is 0. The highest BCUT2D eigenvalue weighted by molar-refractivity contribution is 8.00. The molecule has 0 unspecified atom stereocenters. The van der Waals surface area contributed by atoms with E-state index in [1.54, 1.807) is 16.8 Å². The van der Waals surface area contributed by atoms with Crippen molar-refractivity contribution in [2.45, 2.75) is 69.6 Å². The van der Waals surface area contributed by atoms with Gasteiger partial charge in [0.25, 0.3) is 5.56 Å². The number of fused-ring (bicyclic) bond motifs is 1. The normalized spacial score (nSPS) is 18.3. The Labute approximate surface area is 216 Å². The maximum absolute atomic E-state index is 12.6. The summed E-state index contributed by atoms with van der Waals surface area (Å²) < 4.78 is 1.62. The molecule has 5 rings (SSSR count). The predicted molar refractivity (Wildman–Crippen MR) is 146 cm³/mol. The molecule has 0 atom stereocenters. The van der Waals surface area contributed by atoms with Crippen LogP contribution in [0.2, 0.25) is 5.02 Å². The number of hydrogen-bond acceptors (Lipinski definition) is 6. The van der Waals surface area contributed by atoms with Gasteiger partial charge in [-0.25, -0.2) is 4.98 Å². The number of halogens is 1. The molecule has 2 aliphatic rings. The Morgan fingerprint density at radius 3 is 2.63 bits per heavy atom. The largest absolute Gasteiger partial charge is 0.324 e. The van der Waals surface area contributed by atoms with Crippen LogP contribution in [0.3, 0.4) is 0 Å². The first-order valence-corrected chi connectivity index (χ1v) is 13.9. The monoisotopic (exact) mass is 511 g/mol. The molecule has 8 heteroatoms. The molecule has 0 radical (unpaired) electrons. The van der Waals surface area contributed by atoms with Crippen LogP contribution in [-0.4, -0.2) is 44.3 Å². The van der Waals surface area contributed by atoms with Crippen molar-refractivity contribution < 1.29 is 0 Å². The Morgan fingerprint density at radius 1 is 1.23 bits per heavy atom. The Hall–Kier alpha value is -2.09. The van der Waals surface area contributed by atoms with Gasteiger partial charge in [-0.2, -0.15) is 4.98 Å². The molecule has 1 N–H and O–H groups in total. The topological polar surface area (TPSA) is 63.1 Å². The minimum Gasteiger partial charge on any atom is -0.324 e. The zero-order valence-corrected chi connectivity index (χ0v) is 22.5. The zero-order valence-electron chi connectivity index (χ0n) is 21.0. The summed E-state index contributed by atoms with van der Waals surface area (Å²) in [6.45, 7) is 12.0. The van der Waals surface area contributed by atoms with Crippen molar-refractivity contribution >= 4 is 46.0 Å². The number of rotatable bonds is 6. The van der Waals surface area contributed by atoms with E-state index in [4.69, 9.17) is 11.6 Å². The lowest BCUT2D eigenvalue weighted by molar-refractivity contribution is 0.0410. The van der Waals surface area contributed by atoms with Crippen molar-refractivity contribution in [1.29, 1.82) is 0 Å². The molecule has 3 aromatic rings. The number of pyridine rings is 1. The first-order chi connectivity index (χ1) is 16.8. The molecule has 0 bridgehead atoms. The van der Waals surface area contributed by atoms with Crippen molar-refractivity contribution in [3.8, 4) is 0 Å². The SMILES string of the molecule is CCN1CCC2(CC1)CC(Sc1ccc(Nc3ncc4cc(Cl)c(=O)n(C(C)C)c4n3)c(C)c1)C2. The fourth-order valence-electron chi connectivity index (χ4n) is 5.53. The number of nitrogens with zero attached hydrogens (tertiary/aromatic N) is 4. The average Bonchev–Trinajstić information content (AvgIpc) is 2.81. The van der Waals surface area contributed by atoms with Gasteiger partial charge in [-0.05, 0) is 101 Å². The summed E-state index contributed by atoms with van der Waals surface area (Å²) in [6.07, 6.45) is 7.14. The molecule has 35 heavy (non-hydrogen) atoms. The first-order valence-electron chi connectivity index (χ1n) is 12.6. The third kappa shape index (κ3) is 4.95. The van der Waals surface area contributed by atoms with Crippen molar-refractivity contribution in [3.05, 3.63) is 51.4 Å². The second kappa shape index (κ2) is 9.75. The van der Waals surface area contributed by atoms with E-state index in [2.05, 4.69) is 52.2 Å². The summed E-state index contributed by atoms with van der Waals surface area (Å²) in [5.41, 5.74) is 3.08. The number of aryl methyl sites for hydroxylation is 1. The third-order valence-electron chi connectivity index (χ3n) is 7.68. The molecule has 1 saturated heterocycles. The van der Waals surface area contributed by atoms with E-state index in [1.807, 2.05) is 25.6 Å². The Morgan fingerprint density at radius 2 is 1.97 bits per heavy atom. The zero-order chi connectivity index (χ0) is 24.7. The number of nitrogens with one attached hydrogen (secondary N) is 1. The predicted octanol–water partition coefficient (Wildman–Crippen LogP) is 6.43. The lowest BCUT2D eigenvalue weighted by Gasteiger charge is -2.52. The van der Waals surface area contributed by atoms with E-state index >= 15 is 0 Å². The van der Waals surface area contributed by atoms with Crippen LogP contribution in [0.25, 0.3) is 11.0 Å². The molecule has 1 aromatic carbocycles. The number of piperidine rings is 1. The molecule has 3 heterocycles. The molecule has 1 aliphatic carbocycles. The van der Waals surface area contributed by atoms with Gasteiger partial charge in [-0.15, -0.1) is 11.8 Å². The summed E-state index contributed by atoms with van der Waals surface area (Å²) in [5, 5.41) is 5.00. The van der Waals surface area contributed by atoms with Crippen LogP contribution in [0.4, 0.5) is 11.6 Å². The summed E-state index contributed by atoms with van der Waals surface area (Å²) >= 11 is 8.16. The average molecular weight is 512 g/mol. The van der Waals surface area contributed by atoms with Gasteiger partial charge in [-0.1, -0.05) is 18.5 Å². The Balaban J connectivity index is 1.27. The lowest BCUT2D eigenvalue weighted by atomic mass is 9.63. The van der Waals surface area contributed by atoms with Gasteiger partial charge in [0.15, 0.2) is 0 Å². The smallest absolute Gasteiger partial charge is 0.271 e. The maximum atomic E-state index is 12.6. The molecule has 2 aromatic heterocycles. The van der Waals surface area contributed by atoms with Crippen LogP contribution in [0.1, 0.15) is 58.1 Å². The number of likely N-dealkylation sites (tertiary alicyclic amines) is 1. The fraction of sp³-hybridized carbons (Fsp3) is 0.519. The third-order valence-corrected chi connectivity index (χ3v) is 9.14. The van der Waals surface area contributed by atoms with Crippen molar-refractivity contribution in [2.24, 2.45) is 5.41 Å². The second-order valence-corrected chi connectivity index (χ2v) is 12.2. The number of anilines is 2. The van der Waals surface area contributed by atoms with Crippen LogP contribution in [0, 0.1) is 12.3 Å². The van der Waals surface area contributed by atoms with Crippen LogP contribution in [0.15, 0.2) is 40.2 Å². The standard InChI is InChI=1S/C27H34ClN5OS/c1-5-32-10-8-27(9-11-32)14-21(15-27)35-20-6-7-23(18(4)12-20)30-26-29-16-19-13-22(28)25(34)33(17(2)3)24(19)31-26/h6-7,12-13,16-17,21H,5,8-11,14-15H2,1-4H3,(H,29,30,31). The first kappa shape index (κ1) is 24.6. The van der Waals surface area contributed by atoms with Crippen molar-refractivity contribution in [3.63, 3.8) is 0 Å². The van der Waals surface area contributed by atoms with E-state index in [0.29, 0.717) is 17.0 Å². The molecular formula is C27H34ClN5OS. The number of hydrogen-bond donors (Lipinski definition) is 1. The molecule has 2 fully saturated rings. The van der Waals surface area contributed by atoms with E-state index in [0.717, 1.165) is 21.9 Å². The van der Waals surface area contributed by atoms with Crippen molar-refractivity contribution in [1.82, 2.24) is 19.4 Å². The van der Waals surface area contributed by atoms with Gasteiger partial charge >= 0.3 is 0 Å². The van der Waals surface area contributed by atoms with Gasteiger partial charge in [0, 0.05) is 33.5 Å². The van der Waals surface area contributed by atoms with Gasteiger partial charge in [0.05, 0.1) is 0 Å². The van der Waals surface area contributed by atoms with Gasteiger partial charge < -0.3 is 10.2 Å². The van der Waals surface area contributed by atoms with Gasteiger partial charge in [0.1, 0.15) is 10.7 Å². The Kier molecular flexibility index (Phi) is 6.85. The van der Waals surface area contributed by atoms with Crippen LogP contribution in [0.5, 0.6) is 0 Å². The van der Waals surface area contributed by atoms with E-state index in [1.165, 1.54) is 50.2 Å². The van der Waals surface area contributed by atoms with Crippen LogP contribution < -0.4 is 10.9 Å². The van der Waals surface area contributed by atoms with Crippen LogP contribution in [-0.2, 0) is 0 Å². The minimum absolute atomic E-state index is 0.0608. The lowest BCUT2D eigenvalue weighted by Crippen LogP contribution is -2.48. The van der Waals surface area contributed by atoms with Gasteiger partial charge in [-0.3, -0.25) is 9.36 Å². The second-order valence-electron chi connectivity index (χ2n) is 10.4. The molecule has 6 nitrogen and oxygen atoms in total. The molecule has 186 valence electrons. The molecule has 0 amide bonds. The number of benzene rings is 1. The fourth-order valence-corrected chi connectivity index (χ4v) is 7.39. The summed E-state index contributed by atoms with van der Waals surface area (Å²) in [5.74, 6) is 0.469.